The Hall–Kier alpha value is -2.79. The number of hydrogen-bond donors (Lipinski definition) is 0. The molecule has 1 heterocycles. The third-order valence-corrected chi connectivity index (χ3v) is 5.15. The minimum atomic E-state index is -0.496. The zero-order valence-corrected chi connectivity index (χ0v) is 16.2. The summed E-state index contributed by atoms with van der Waals surface area (Å²) in [4.78, 5) is 12.5. The number of ether oxygens (including phenoxy) is 3. The second kappa shape index (κ2) is 7.45. The smallest absolute Gasteiger partial charge is 0.323 e. The summed E-state index contributed by atoms with van der Waals surface area (Å²) >= 11 is 3.55. The first kappa shape index (κ1) is 17.6. The van der Waals surface area contributed by atoms with Crippen LogP contribution in [0, 0.1) is 0 Å². The van der Waals surface area contributed by atoms with E-state index in [1.54, 1.807) is 7.11 Å². The van der Waals surface area contributed by atoms with E-state index in [2.05, 4.69) is 15.9 Å². The van der Waals surface area contributed by atoms with Crippen molar-refractivity contribution in [3.05, 3.63) is 87.9 Å². The van der Waals surface area contributed by atoms with Gasteiger partial charge in [-0.3, -0.25) is 4.79 Å². The summed E-state index contributed by atoms with van der Waals surface area (Å²) < 4.78 is 17.5. The number of fused-ring (bicyclic) bond motifs is 1. The summed E-state index contributed by atoms with van der Waals surface area (Å²) in [6.07, 6.45) is 0. The number of carbonyl (C=O) groups is 1. The van der Waals surface area contributed by atoms with E-state index in [1.165, 1.54) is 0 Å². The number of esters is 1. The van der Waals surface area contributed by atoms with E-state index in [0.29, 0.717) is 18.1 Å². The summed E-state index contributed by atoms with van der Waals surface area (Å²) in [5.41, 5.74) is 2.65. The van der Waals surface area contributed by atoms with Gasteiger partial charge in [0.2, 0.25) is 0 Å². The summed E-state index contributed by atoms with van der Waals surface area (Å²) in [5, 5.41) is 0. The van der Waals surface area contributed by atoms with Gasteiger partial charge < -0.3 is 14.2 Å². The molecule has 0 saturated heterocycles. The fourth-order valence-corrected chi connectivity index (χ4v) is 3.68. The van der Waals surface area contributed by atoms with Gasteiger partial charge in [-0.25, -0.2) is 0 Å². The summed E-state index contributed by atoms with van der Waals surface area (Å²) in [6, 6.07) is 20.9. The van der Waals surface area contributed by atoms with Crippen LogP contribution in [0.15, 0.2) is 71.2 Å². The van der Waals surface area contributed by atoms with Crippen LogP contribution in [0.2, 0.25) is 0 Å². The average Bonchev–Trinajstić information content (AvgIpc) is 3.03. The second-order valence-corrected chi connectivity index (χ2v) is 7.04. The van der Waals surface area contributed by atoms with Crippen LogP contribution in [-0.4, -0.2) is 13.1 Å². The molecule has 1 unspecified atom stereocenters. The molecule has 0 bridgehead atoms. The molecular weight excluding hydrogens is 408 g/mol. The molecule has 0 aromatic heterocycles. The van der Waals surface area contributed by atoms with E-state index in [9.17, 15) is 4.79 Å². The second-order valence-electron chi connectivity index (χ2n) is 6.19. The molecule has 4 rings (SSSR count). The fourth-order valence-electron chi connectivity index (χ4n) is 3.18. The summed E-state index contributed by atoms with van der Waals surface area (Å²) in [5.74, 6) is 1.26. The van der Waals surface area contributed by atoms with Crippen molar-refractivity contribution in [1.82, 2.24) is 0 Å². The van der Waals surface area contributed by atoms with Gasteiger partial charge in [-0.05, 0) is 45.8 Å². The highest BCUT2D eigenvalue weighted by Crippen LogP contribution is 2.44. The fraction of sp³-hybridized carbons (Fsp3) is 0.136. The number of rotatable bonds is 5. The van der Waals surface area contributed by atoms with E-state index < -0.39 is 5.92 Å². The van der Waals surface area contributed by atoms with E-state index in [1.807, 2.05) is 66.7 Å². The van der Waals surface area contributed by atoms with Crippen LogP contribution >= 0.6 is 15.9 Å². The van der Waals surface area contributed by atoms with E-state index in [-0.39, 0.29) is 5.97 Å². The number of halogens is 1. The number of hydrogen-bond acceptors (Lipinski definition) is 4. The van der Waals surface area contributed by atoms with E-state index >= 15 is 0 Å². The van der Waals surface area contributed by atoms with Crippen molar-refractivity contribution in [3.63, 3.8) is 0 Å². The lowest BCUT2D eigenvalue weighted by molar-refractivity contribution is -0.133. The van der Waals surface area contributed by atoms with Crippen molar-refractivity contribution in [2.75, 3.05) is 7.11 Å². The molecule has 0 fully saturated rings. The van der Waals surface area contributed by atoms with E-state index in [0.717, 1.165) is 26.9 Å². The Morgan fingerprint density at radius 3 is 2.48 bits per heavy atom. The highest BCUT2D eigenvalue weighted by atomic mass is 79.9. The quantitative estimate of drug-likeness (QED) is 0.422. The minimum absolute atomic E-state index is 0.288. The van der Waals surface area contributed by atoms with E-state index in [4.69, 9.17) is 14.2 Å². The molecule has 3 aromatic carbocycles. The van der Waals surface area contributed by atoms with Gasteiger partial charge in [0.15, 0.2) is 0 Å². The monoisotopic (exact) mass is 424 g/mol. The average molecular weight is 425 g/mol. The molecule has 5 heteroatoms. The molecule has 0 amide bonds. The topological polar surface area (TPSA) is 44.8 Å². The Morgan fingerprint density at radius 1 is 0.963 bits per heavy atom. The predicted octanol–water partition coefficient (Wildman–Crippen LogP) is 5.09. The zero-order valence-electron chi connectivity index (χ0n) is 14.6. The molecule has 4 nitrogen and oxygen atoms in total. The highest BCUT2D eigenvalue weighted by Gasteiger charge is 2.36. The maximum absolute atomic E-state index is 12.5. The van der Waals surface area contributed by atoms with Gasteiger partial charge in [0.05, 0.1) is 11.6 Å². The van der Waals surface area contributed by atoms with Gasteiger partial charge in [0.1, 0.15) is 29.8 Å². The van der Waals surface area contributed by atoms with Gasteiger partial charge in [-0.1, -0.05) is 42.5 Å². The van der Waals surface area contributed by atoms with Crippen LogP contribution in [0.5, 0.6) is 17.2 Å². The number of methoxy groups -OCH3 is 1. The third kappa shape index (κ3) is 3.43. The van der Waals surface area contributed by atoms with Crippen LogP contribution in [0.25, 0.3) is 0 Å². The lowest BCUT2D eigenvalue weighted by Gasteiger charge is -2.16. The molecule has 0 spiro atoms. The molecule has 27 heavy (non-hydrogen) atoms. The Bertz CT molecular complexity index is 982. The first-order valence-electron chi connectivity index (χ1n) is 8.52. The molecule has 0 aliphatic carbocycles. The number of para-hydroxylation sites is 2. The molecular formula is C22H17BrO4. The molecule has 1 aliphatic rings. The van der Waals surface area contributed by atoms with Crippen LogP contribution in [0.4, 0.5) is 0 Å². The largest absolute Gasteiger partial charge is 0.497 e. The Kier molecular flexibility index (Phi) is 4.86. The zero-order chi connectivity index (χ0) is 18.8. The first-order chi connectivity index (χ1) is 13.2. The lowest BCUT2D eigenvalue weighted by Crippen LogP contribution is -2.13. The van der Waals surface area contributed by atoms with Crippen molar-refractivity contribution < 1.29 is 19.0 Å². The SMILES string of the molecule is COc1ccc(COc2c(Br)cccc2C2C(=O)Oc3ccccc32)cc1. The summed E-state index contributed by atoms with van der Waals surface area (Å²) in [6.45, 7) is 0.378. The van der Waals surface area contributed by atoms with Crippen molar-refractivity contribution in [1.29, 1.82) is 0 Å². The third-order valence-electron chi connectivity index (χ3n) is 4.53. The summed E-state index contributed by atoms with van der Waals surface area (Å²) in [7, 11) is 1.64. The van der Waals surface area contributed by atoms with Crippen LogP contribution in [0.1, 0.15) is 22.6 Å². The van der Waals surface area contributed by atoms with Crippen LogP contribution < -0.4 is 14.2 Å². The van der Waals surface area contributed by atoms with Crippen LogP contribution in [-0.2, 0) is 11.4 Å². The maximum atomic E-state index is 12.5. The van der Waals surface area contributed by atoms with Crippen LogP contribution in [0.3, 0.4) is 0 Å². The van der Waals surface area contributed by atoms with Crippen molar-refractivity contribution in [2.45, 2.75) is 12.5 Å². The molecule has 0 radical (unpaired) electrons. The molecule has 1 atom stereocenters. The lowest BCUT2D eigenvalue weighted by atomic mass is 9.92. The van der Waals surface area contributed by atoms with Crippen molar-refractivity contribution in [2.24, 2.45) is 0 Å². The highest BCUT2D eigenvalue weighted by molar-refractivity contribution is 9.10. The van der Waals surface area contributed by atoms with Crippen molar-refractivity contribution >= 4 is 21.9 Å². The minimum Gasteiger partial charge on any atom is -0.497 e. The Morgan fingerprint density at radius 2 is 1.70 bits per heavy atom. The first-order valence-corrected chi connectivity index (χ1v) is 9.31. The van der Waals surface area contributed by atoms with Gasteiger partial charge in [-0.2, -0.15) is 0 Å². The molecule has 136 valence electrons. The molecule has 3 aromatic rings. The van der Waals surface area contributed by atoms with Gasteiger partial charge in [-0.15, -0.1) is 0 Å². The maximum Gasteiger partial charge on any atom is 0.323 e. The predicted molar refractivity (Wildman–Crippen MR) is 105 cm³/mol. The van der Waals surface area contributed by atoms with Gasteiger partial charge in [0, 0.05) is 11.1 Å². The molecule has 0 saturated carbocycles. The number of benzene rings is 3. The molecule has 1 aliphatic heterocycles. The number of carbonyl (C=O) groups excluding carboxylic acids is 1. The Balaban J connectivity index is 1.65. The standard InChI is InChI=1S/C22H17BrO4/c1-25-15-11-9-14(10-12-15)13-26-21-17(6-4-7-18(21)23)20-16-5-2-3-8-19(16)27-22(20)24/h2-12,20H,13H2,1H3. The van der Waals surface area contributed by atoms with Gasteiger partial charge >= 0.3 is 5.97 Å². The Labute approximate surface area is 165 Å². The van der Waals surface area contributed by atoms with Crippen molar-refractivity contribution in [3.8, 4) is 17.2 Å². The van der Waals surface area contributed by atoms with Gasteiger partial charge in [0.25, 0.3) is 0 Å². The normalized spacial score (nSPS) is 15.2. The molecule has 0 N–H and O–H groups in total.